The van der Waals surface area contributed by atoms with Gasteiger partial charge in [0, 0.05) is 18.1 Å². The van der Waals surface area contributed by atoms with Crippen molar-refractivity contribution in [2.45, 2.75) is 17.7 Å². The van der Waals surface area contributed by atoms with E-state index in [0.717, 1.165) is 19.4 Å². The second-order valence-electron chi connectivity index (χ2n) is 5.10. The number of benzene rings is 1. The number of nitrogens with zero attached hydrogens (tertiary/aromatic N) is 1. The zero-order valence-electron chi connectivity index (χ0n) is 12.0. The maximum Gasteiger partial charge on any atom is 0.246 e. The number of piperidine rings is 1. The molecule has 9 heteroatoms. The Morgan fingerprint density at radius 2 is 1.68 bits per heavy atom. The van der Waals surface area contributed by atoms with Crippen LogP contribution in [0.3, 0.4) is 0 Å². The summed E-state index contributed by atoms with van der Waals surface area (Å²) in [6.07, 6.45) is 1.64. The van der Waals surface area contributed by atoms with Crippen molar-refractivity contribution in [2.75, 3.05) is 26.7 Å². The van der Waals surface area contributed by atoms with Gasteiger partial charge in [-0.15, -0.1) is 12.4 Å². The monoisotopic (exact) mass is 406 g/mol. The summed E-state index contributed by atoms with van der Waals surface area (Å²) < 4.78 is 26.9. The lowest BCUT2D eigenvalue weighted by atomic mass is 9.98. The molecule has 1 aliphatic heterocycles. The fourth-order valence-electron chi connectivity index (χ4n) is 2.55. The van der Waals surface area contributed by atoms with Gasteiger partial charge in [-0.25, -0.2) is 8.42 Å². The first-order chi connectivity index (χ1) is 9.86. The highest BCUT2D eigenvalue weighted by Crippen LogP contribution is 2.35. The van der Waals surface area contributed by atoms with Gasteiger partial charge in [0.2, 0.25) is 10.0 Å². The fraction of sp³-hybridized carbons (Fsp3) is 0.538. The van der Waals surface area contributed by atoms with Gasteiger partial charge in [0.1, 0.15) is 4.90 Å². The maximum absolute atomic E-state index is 12.7. The summed E-state index contributed by atoms with van der Waals surface area (Å²) >= 11 is 17.9. The summed E-state index contributed by atoms with van der Waals surface area (Å²) in [5.41, 5.74) is 0. The smallest absolute Gasteiger partial charge is 0.246 e. The van der Waals surface area contributed by atoms with Gasteiger partial charge < -0.3 is 5.32 Å². The van der Waals surface area contributed by atoms with Crippen LogP contribution in [0.5, 0.6) is 0 Å². The molecule has 0 saturated carbocycles. The molecular weight excluding hydrogens is 390 g/mol. The molecule has 0 unspecified atom stereocenters. The molecule has 4 nitrogen and oxygen atoms in total. The summed E-state index contributed by atoms with van der Waals surface area (Å²) in [6, 6.07) is 2.80. The molecule has 22 heavy (non-hydrogen) atoms. The Morgan fingerprint density at radius 3 is 2.14 bits per heavy atom. The molecular formula is C13H18Cl4N2O2S. The van der Waals surface area contributed by atoms with Crippen LogP contribution in [0, 0.1) is 5.92 Å². The van der Waals surface area contributed by atoms with Gasteiger partial charge in [-0.2, -0.15) is 4.31 Å². The van der Waals surface area contributed by atoms with Crippen molar-refractivity contribution in [1.82, 2.24) is 9.62 Å². The molecule has 1 aromatic rings. The van der Waals surface area contributed by atoms with E-state index >= 15 is 0 Å². The molecule has 0 atom stereocenters. The van der Waals surface area contributed by atoms with Crippen LogP contribution in [0.4, 0.5) is 0 Å². The third kappa shape index (κ3) is 4.41. The van der Waals surface area contributed by atoms with Gasteiger partial charge in [0.25, 0.3) is 0 Å². The number of rotatable bonds is 4. The van der Waals surface area contributed by atoms with Crippen LogP contribution in [0.25, 0.3) is 0 Å². The van der Waals surface area contributed by atoms with Crippen molar-refractivity contribution in [3.05, 3.63) is 27.2 Å². The average Bonchev–Trinajstić information content (AvgIpc) is 2.38. The Balaban J connectivity index is 0.00000242. The molecule has 0 aromatic heterocycles. The van der Waals surface area contributed by atoms with Crippen LogP contribution < -0.4 is 5.32 Å². The van der Waals surface area contributed by atoms with E-state index in [1.165, 1.54) is 16.4 Å². The lowest BCUT2D eigenvalue weighted by Gasteiger charge is -2.31. The highest BCUT2D eigenvalue weighted by atomic mass is 35.5. The van der Waals surface area contributed by atoms with Gasteiger partial charge in [-0.1, -0.05) is 34.8 Å². The van der Waals surface area contributed by atoms with Crippen molar-refractivity contribution in [3.8, 4) is 0 Å². The van der Waals surface area contributed by atoms with Gasteiger partial charge in [-0.3, -0.25) is 0 Å². The molecule has 0 amide bonds. The lowest BCUT2D eigenvalue weighted by Crippen LogP contribution is -2.40. The minimum atomic E-state index is -3.69. The predicted octanol–water partition coefficient (Wildman–Crippen LogP) is 3.69. The van der Waals surface area contributed by atoms with Gasteiger partial charge in [0.05, 0.1) is 10.0 Å². The SMILES string of the molecule is CNCC1CCN(S(=O)(=O)c2c(Cl)cc(Cl)cc2Cl)CC1.Cl. The molecule has 0 aliphatic carbocycles. The van der Waals surface area contributed by atoms with E-state index in [1.54, 1.807) is 0 Å². The molecule has 1 heterocycles. The molecule has 1 aliphatic rings. The molecule has 1 saturated heterocycles. The van der Waals surface area contributed by atoms with Crippen LogP contribution >= 0.6 is 47.2 Å². The van der Waals surface area contributed by atoms with Gasteiger partial charge >= 0.3 is 0 Å². The highest BCUT2D eigenvalue weighted by Gasteiger charge is 2.32. The number of hydrogen-bond acceptors (Lipinski definition) is 3. The first-order valence-electron chi connectivity index (χ1n) is 6.65. The molecule has 0 bridgehead atoms. The molecule has 2 rings (SSSR count). The van der Waals surface area contributed by atoms with E-state index < -0.39 is 10.0 Å². The van der Waals surface area contributed by atoms with Crippen LogP contribution in [0.1, 0.15) is 12.8 Å². The first-order valence-corrected chi connectivity index (χ1v) is 9.23. The van der Waals surface area contributed by atoms with Crippen LogP contribution in [0.2, 0.25) is 15.1 Å². The number of nitrogens with one attached hydrogen (secondary N) is 1. The highest BCUT2D eigenvalue weighted by molar-refractivity contribution is 7.89. The zero-order chi connectivity index (χ0) is 15.6. The standard InChI is InChI=1S/C13H17Cl3N2O2S.ClH/c1-17-8-9-2-4-18(5-3-9)21(19,20)13-11(15)6-10(14)7-12(13)16;/h6-7,9,17H,2-5,8H2,1H3;1H. The average molecular weight is 408 g/mol. The minimum absolute atomic E-state index is 0. The third-order valence-corrected chi connectivity index (χ3v) is 6.67. The second-order valence-corrected chi connectivity index (χ2v) is 8.23. The molecule has 0 spiro atoms. The first kappa shape index (κ1) is 20.3. The van der Waals surface area contributed by atoms with E-state index in [-0.39, 0.29) is 27.3 Å². The number of sulfonamides is 1. The van der Waals surface area contributed by atoms with Crippen molar-refractivity contribution < 1.29 is 8.42 Å². The van der Waals surface area contributed by atoms with E-state index in [0.29, 0.717) is 24.0 Å². The third-order valence-electron chi connectivity index (χ3n) is 3.63. The van der Waals surface area contributed by atoms with Gasteiger partial charge in [0.15, 0.2) is 0 Å². The summed E-state index contributed by atoms with van der Waals surface area (Å²) in [5, 5.41) is 3.56. The topological polar surface area (TPSA) is 49.4 Å². The maximum atomic E-state index is 12.7. The largest absolute Gasteiger partial charge is 0.319 e. The predicted molar refractivity (Wildman–Crippen MR) is 94.1 cm³/mol. The Morgan fingerprint density at radius 1 is 1.18 bits per heavy atom. The van der Waals surface area contributed by atoms with E-state index in [1.807, 2.05) is 7.05 Å². The normalized spacial score (nSPS) is 17.3. The zero-order valence-corrected chi connectivity index (χ0v) is 15.9. The Hall–Kier alpha value is 0.250. The summed E-state index contributed by atoms with van der Waals surface area (Å²) in [7, 11) is -1.79. The molecule has 1 N–H and O–H groups in total. The summed E-state index contributed by atoms with van der Waals surface area (Å²) in [4.78, 5) is -0.0534. The second kappa shape index (κ2) is 8.38. The minimum Gasteiger partial charge on any atom is -0.319 e. The quantitative estimate of drug-likeness (QED) is 0.827. The van der Waals surface area contributed by atoms with Gasteiger partial charge in [-0.05, 0) is 44.5 Å². The Kier molecular flexibility index (Phi) is 7.73. The number of halogens is 4. The lowest BCUT2D eigenvalue weighted by molar-refractivity contribution is 0.271. The van der Waals surface area contributed by atoms with E-state index in [9.17, 15) is 8.42 Å². The molecule has 126 valence electrons. The van der Waals surface area contributed by atoms with E-state index in [4.69, 9.17) is 34.8 Å². The van der Waals surface area contributed by atoms with Crippen molar-refractivity contribution >= 4 is 57.2 Å². The number of hydrogen-bond donors (Lipinski definition) is 1. The van der Waals surface area contributed by atoms with Crippen molar-refractivity contribution in [1.29, 1.82) is 0 Å². The molecule has 1 fully saturated rings. The molecule has 0 radical (unpaired) electrons. The fourth-order valence-corrected chi connectivity index (χ4v) is 5.51. The van der Waals surface area contributed by atoms with E-state index in [2.05, 4.69) is 5.32 Å². The van der Waals surface area contributed by atoms with Crippen molar-refractivity contribution in [3.63, 3.8) is 0 Å². The van der Waals surface area contributed by atoms with Crippen LogP contribution in [0.15, 0.2) is 17.0 Å². The Labute approximate surface area is 152 Å². The van der Waals surface area contributed by atoms with Crippen molar-refractivity contribution in [2.24, 2.45) is 5.92 Å². The Bertz CT molecular complexity index is 593. The van der Waals surface area contributed by atoms with Crippen LogP contribution in [-0.4, -0.2) is 39.4 Å². The van der Waals surface area contributed by atoms with Crippen LogP contribution in [-0.2, 0) is 10.0 Å². The summed E-state index contributed by atoms with van der Waals surface area (Å²) in [5.74, 6) is 0.498. The molecule has 1 aromatic carbocycles. The summed E-state index contributed by atoms with van der Waals surface area (Å²) in [6.45, 7) is 1.85.